The first-order valence-corrected chi connectivity index (χ1v) is 7.34. The van der Waals surface area contributed by atoms with Crippen molar-refractivity contribution in [3.63, 3.8) is 0 Å². The molecule has 24 heavy (non-hydrogen) atoms. The number of rotatable bonds is 2. The average Bonchev–Trinajstić information content (AvgIpc) is 2.76. The largest absolute Gasteiger partial charge is 0.444 e. The molecule has 1 aromatic rings. The number of halogens is 3. The summed E-state index contributed by atoms with van der Waals surface area (Å²) in [4.78, 5) is 24.8. The summed E-state index contributed by atoms with van der Waals surface area (Å²) in [5, 5.41) is 2.39. The third-order valence-electron chi connectivity index (χ3n) is 3.41. The first-order chi connectivity index (χ1) is 10.9. The minimum Gasteiger partial charge on any atom is -0.444 e. The predicted octanol–water partition coefficient (Wildman–Crippen LogP) is 3.32. The highest BCUT2D eigenvalue weighted by Crippen LogP contribution is 2.36. The maximum Gasteiger partial charge on any atom is 0.416 e. The lowest BCUT2D eigenvalue weighted by Gasteiger charge is -2.25. The van der Waals surface area contributed by atoms with Crippen LogP contribution in [-0.2, 0) is 24.0 Å². The number of nitrogens with zero attached hydrogens (tertiary/aromatic N) is 1. The van der Waals surface area contributed by atoms with Crippen molar-refractivity contribution in [3.05, 3.63) is 34.4 Å². The molecule has 0 saturated carbocycles. The Balaban J connectivity index is 2.30. The quantitative estimate of drug-likeness (QED) is 0.895. The van der Waals surface area contributed by atoms with Crippen LogP contribution < -0.4 is 5.32 Å². The molecule has 0 aromatic heterocycles. The Labute approximate surface area is 137 Å². The number of carbonyl (C=O) groups is 2. The minimum atomic E-state index is -4.57. The number of hydrogen-bond acceptors (Lipinski definition) is 3. The Morgan fingerprint density at radius 2 is 1.92 bits per heavy atom. The number of carbonyl (C=O) groups excluding carboxylic acids is 2. The molecule has 1 heterocycles. The van der Waals surface area contributed by atoms with E-state index < -0.39 is 29.3 Å². The topological polar surface area (TPSA) is 58.6 Å². The molecule has 1 aromatic carbocycles. The molecular weight excluding hydrogens is 325 g/mol. The molecule has 0 unspecified atom stereocenters. The van der Waals surface area contributed by atoms with Crippen molar-refractivity contribution >= 4 is 12.0 Å². The molecule has 1 aliphatic rings. The number of alkyl halides is 3. The van der Waals surface area contributed by atoms with Gasteiger partial charge >= 0.3 is 12.3 Å². The zero-order valence-electron chi connectivity index (χ0n) is 13.9. The standard InChI is InChI=1S/C16H19F3N2O3/c1-15(2,3)24-14(23)21(4)8-9-5-10-11(7-20-13(10)22)12(6-9)16(17,18)19/h5-6H,7-8H2,1-4H3,(H,20,22). The molecule has 0 atom stereocenters. The molecule has 132 valence electrons. The Bertz CT molecular complexity index is 678. The van der Waals surface area contributed by atoms with Crippen LogP contribution in [0, 0.1) is 0 Å². The Kier molecular flexibility index (Phi) is 4.52. The third kappa shape index (κ3) is 3.98. The fourth-order valence-electron chi connectivity index (χ4n) is 2.41. The summed E-state index contributed by atoms with van der Waals surface area (Å²) in [5.74, 6) is -0.544. The van der Waals surface area contributed by atoms with E-state index in [2.05, 4.69) is 5.32 Å². The van der Waals surface area contributed by atoms with Gasteiger partial charge in [-0.15, -0.1) is 0 Å². The summed E-state index contributed by atoms with van der Waals surface area (Å²) in [6.45, 7) is 4.84. The van der Waals surface area contributed by atoms with Gasteiger partial charge in [0.25, 0.3) is 5.91 Å². The smallest absolute Gasteiger partial charge is 0.416 e. The van der Waals surface area contributed by atoms with Crippen LogP contribution in [0.2, 0.25) is 0 Å². The van der Waals surface area contributed by atoms with Gasteiger partial charge in [-0.2, -0.15) is 13.2 Å². The van der Waals surface area contributed by atoms with Crippen LogP contribution in [0.1, 0.15) is 47.8 Å². The lowest BCUT2D eigenvalue weighted by Crippen LogP contribution is -2.33. The highest BCUT2D eigenvalue weighted by atomic mass is 19.4. The molecule has 5 nitrogen and oxygen atoms in total. The van der Waals surface area contributed by atoms with E-state index in [1.807, 2.05) is 0 Å². The average molecular weight is 344 g/mol. The van der Waals surface area contributed by atoms with Gasteiger partial charge in [-0.05, 0) is 44.0 Å². The lowest BCUT2D eigenvalue weighted by atomic mass is 9.98. The van der Waals surface area contributed by atoms with Crippen LogP contribution in [-0.4, -0.2) is 29.5 Å². The second kappa shape index (κ2) is 5.99. The van der Waals surface area contributed by atoms with Crippen molar-refractivity contribution in [2.45, 2.75) is 45.6 Å². The summed E-state index contributed by atoms with van der Waals surface area (Å²) in [7, 11) is 1.43. The first-order valence-electron chi connectivity index (χ1n) is 7.34. The van der Waals surface area contributed by atoms with Gasteiger partial charge in [-0.3, -0.25) is 4.79 Å². The monoisotopic (exact) mass is 344 g/mol. The van der Waals surface area contributed by atoms with Crippen molar-refractivity contribution in [2.24, 2.45) is 0 Å². The van der Waals surface area contributed by atoms with E-state index in [0.29, 0.717) is 0 Å². The molecule has 2 rings (SSSR count). The number of hydrogen-bond donors (Lipinski definition) is 1. The molecule has 0 bridgehead atoms. The SMILES string of the molecule is CN(Cc1cc2c(c(C(F)(F)F)c1)CNC2=O)C(=O)OC(C)(C)C. The Hall–Kier alpha value is -2.25. The summed E-state index contributed by atoms with van der Waals surface area (Å²) >= 11 is 0. The maximum atomic E-state index is 13.2. The highest BCUT2D eigenvalue weighted by molar-refractivity contribution is 5.99. The van der Waals surface area contributed by atoms with Crippen molar-refractivity contribution in [1.29, 1.82) is 0 Å². The Morgan fingerprint density at radius 3 is 2.46 bits per heavy atom. The van der Waals surface area contributed by atoms with Crippen LogP contribution in [0.5, 0.6) is 0 Å². The van der Waals surface area contributed by atoms with E-state index in [9.17, 15) is 22.8 Å². The van der Waals surface area contributed by atoms with E-state index in [4.69, 9.17) is 4.74 Å². The van der Waals surface area contributed by atoms with Crippen molar-refractivity contribution in [1.82, 2.24) is 10.2 Å². The summed E-state index contributed by atoms with van der Waals surface area (Å²) < 4.78 is 44.8. The van der Waals surface area contributed by atoms with Crippen LogP contribution in [0.25, 0.3) is 0 Å². The molecule has 1 aliphatic heterocycles. The molecule has 2 amide bonds. The molecule has 0 saturated heterocycles. The maximum absolute atomic E-state index is 13.2. The van der Waals surface area contributed by atoms with Crippen molar-refractivity contribution in [2.75, 3.05) is 7.05 Å². The number of fused-ring (bicyclic) bond motifs is 1. The van der Waals surface area contributed by atoms with Crippen molar-refractivity contribution < 1.29 is 27.5 Å². The van der Waals surface area contributed by atoms with E-state index in [1.165, 1.54) is 18.0 Å². The van der Waals surface area contributed by atoms with Gasteiger partial charge in [0.2, 0.25) is 0 Å². The fraction of sp³-hybridized carbons (Fsp3) is 0.500. The number of ether oxygens (including phenoxy) is 1. The number of nitrogens with one attached hydrogen (secondary N) is 1. The van der Waals surface area contributed by atoms with E-state index >= 15 is 0 Å². The second-order valence-corrected chi connectivity index (χ2v) is 6.69. The molecule has 0 spiro atoms. The molecule has 1 N–H and O–H groups in total. The summed E-state index contributed by atoms with van der Waals surface area (Å²) in [5.41, 5.74) is -1.41. The van der Waals surface area contributed by atoms with Gasteiger partial charge in [0, 0.05) is 25.7 Å². The fourth-order valence-corrected chi connectivity index (χ4v) is 2.41. The number of amides is 2. The predicted molar refractivity (Wildman–Crippen MR) is 80.3 cm³/mol. The van der Waals surface area contributed by atoms with E-state index in [1.54, 1.807) is 20.8 Å². The molecule has 0 aliphatic carbocycles. The molecule has 8 heteroatoms. The molecule has 0 fully saturated rings. The normalized spacial score (nSPS) is 14.2. The summed E-state index contributed by atoms with van der Waals surface area (Å²) in [6.07, 6.45) is -5.22. The molecule has 0 radical (unpaired) electrons. The van der Waals surface area contributed by atoms with E-state index in [0.717, 1.165) is 6.07 Å². The first kappa shape index (κ1) is 18.1. The van der Waals surface area contributed by atoms with Gasteiger partial charge in [-0.1, -0.05) is 0 Å². The van der Waals surface area contributed by atoms with Gasteiger partial charge < -0.3 is 15.0 Å². The van der Waals surface area contributed by atoms with Gasteiger partial charge in [0.15, 0.2) is 0 Å². The summed E-state index contributed by atoms with van der Waals surface area (Å²) in [6, 6.07) is 2.35. The lowest BCUT2D eigenvalue weighted by molar-refractivity contribution is -0.138. The van der Waals surface area contributed by atoms with Gasteiger partial charge in [0.1, 0.15) is 5.60 Å². The van der Waals surface area contributed by atoms with E-state index in [-0.39, 0.29) is 29.8 Å². The Morgan fingerprint density at radius 1 is 1.29 bits per heavy atom. The van der Waals surface area contributed by atoms with Crippen LogP contribution in [0.4, 0.5) is 18.0 Å². The van der Waals surface area contributed by atoms with Gasteiger partial charge in [-0.25, -0.2) is 4.79 Å². The van der Waals surface area contributed by atoms with Gasteiger partial charge in [0.05, 0.1) is 5.56 Å². The third-order valence-corrected chi connectivity index (χ3v) is 3.41. The molecular formula is C16H19F3N2O3. The number of benzene rings is 1. The highest BCUT2D eigenvalue weighted by Gasteiger charge is 2.37. The van der Waals surface area contributed by atoms with Crippen LogP contribution >= 0.6 is 0 Å². The minimum absolute atomic E-state index is 0.00239. The van der Waals surface area contributed by atoms with Crippen LogP contribution in [0.15, 0.2) is 12.1 Å². The zero-order chi connectivity index (χ0) is 18.3. The zero-order valence-corrected chi connectivity index (χ0v) is 13.9. The van der Waals surface area contributed by atoms with Crippen LogP contribution in [0.3, 0.4) is 0 Å². The van der Waals surface area contributed by atoms with Crippen molar-refractivity contribution in [3.8, 4) is 0 Å². The second-order valence-electron chi connectivity index (χ2n) is 6.69.